The molecule has 1 N–H and O–H groups in total. The number of benzene rings is 1. The highest BCUT2D eigenvalue weighted by atomic mass is 31.2. The van der Waals surface area contributed by atoms with E-state index in [4.69, 9.17) is 13.6 Å². The molecule has 0 heterocycles. The fraction of sp³-hybridized carbons (Fsp3) is 0.500. The summed E-state index contributed by atoms with van der Waals surface area (Å²) in [4.78, 5) is 0. The lowest BCUT2D eigenvalue weighted by Gasteiger charge is -2.22. The number of phosphoric ester groups is 1. The van der Waals surface area contributed by atoms with Crippen molar-refractivity contribution in [2.24, 2.45) is 0 Å². The van der Waals surface area contributed by atoms with Gasteiger partial charge in [0, 0.05) is 19.8 Å². The van der Waals surface area contributed by atoms with Crippen LogP contribution < -0.4 is 4.52 Å². The number of hydrogen-bond donors (Lipinski definition) is 1. The van der Waals surface area contributed by atoms with Gasteiger partial charge in [-0.15, -0.1) is 0 Å². The Kier molecular flexibility index (Phi) is 4.43. The second kappa shape index (κ2) is 5.31. The second-order valence-electron chi connectivity index (χ2n) is 4.83. The third kappa shape index (κ3) is 3.48. The van der Waals surface area contributed by atoms with Gasteiger partial charge >= 0.3 is 7.82 Å². The van der Waals surface area contributed by atoms with Crippen molar-refractivity contribution in [1.29, 1.82) is 0 Å². The summed E-state index contributed by atoms with van der Waals surface area (Å²) in [5.74, 6) is 0.490. The molecule has 0 fully saturated rings. The molecule has 102 valence electrons. The first-order valence-electron chi connectivity index (χ1n) is 5.46. The van der Waals surface area contributed by atoms with Crippen molar-refractivity contribution in [2.75, 3.05) is 14.2 Å². The van der Waals surface area contributed by atoms with E-state index in [0.717, 1.165) is 0 Å². The zero-order valence-electron chi connectivity index (χ0n) is 11.3. The minimum Gasteiger partial charge on any atom is -0.508 e. The van der Waals surface area contributed by atoms with E-state index in [9.17, 15) is 9.67 Å². The van der Waals surface area contributed by atoms with Gasteiger partial charge in [0.25, 0.3) is 0 Å². The summed E-state index contributed by atoms with van der Waals surface area (Å²) in [6.45, 7) is 5.87. The molecule has 0 saturated carbocycles. The highest BCUT2D eigenvalue weighted by Crippen LogP contribution is 2.48. The average Bonchev–Trinajstić information content (AvgIpc) is 2.30. The smallest absolute Gasteiger partial charge is 0.508 e. The maximum atomic E-state index is 11.8. The van der Waals surface area contributed by atoms with Gasteiger partial charge in [-0.25, -0.2) is 4.57 Å². The van der Waals surface area contributed by atoms with E-state index in [1.807, 2.05) is 20.8 Å². The largest absolute Gasteiger partial charge is 0.529 e. The monoisotopic (exact) mass is 274 g/mol. The van der Waals surface area contributed by atoms with Crippen molar-refractivity contribution in [3.05, 3.63) is 23.8 Å². The van der Waals surface area contributed by atoms with Crippen molar-refractivity contribution >= 4 is 7.82 Å². The van der Waals surface area contributed by atoms with Crippen molar-refractivity contribution in [1.82, 2.24) is 0 Å². The van der Waals surface area contributed by atoms with Crippen LogP contribution in [0.5, 0.6) is 11.5 Å². The Labute approximate surface area is 107 Å². The van der Waals surface area contributed by atoms with Crippen LogP contribution in [0.3, 0.4) is 0 Å². The maximum Gasteiger partial charge on any atom is 0.529 e. The van der Waals surface area contributed by atoms with Crippen molar-refractivity contribution in [2.45, 2.75) is 26.2 Å². The summed E-state index contributed by atoms with van der Waals surface area (Å²) in [7, 11) is -1.08. The predicted molar refractivity (Wildman–Crippen MR) is 69.1 cm³/mol. The van der Waals surface area contributed by atoms with E-state index in [1.54, 1.807) is 6.07 Å². The number of aromatic hydroxyl groups is 1. The maximum absolute atomic E-state index is 11.8. The number of phenols is 1. The van der Waals surface area contributed by atoms with Crippen molar-refractivity contribution < 1.29 is 23.2 Å². The van der Waals surface area contributed by atoms with Crippen LogP contribution in [0.2, 0.25) is 0 Å². The molecule has 0 bridgehead atoms. The zero-order valence-corrected chi connectivity index (χ0v) is 12.2. The quantitative estimate of drug-likeness (QED) is 0.851. The number of rotatable bonds is 4. The molecule has 0 spiro atoms. The minimum absolute atomic E-state index is 0.166. The molecule has 6 heteroatoms. The zero-order chi connectivity index (χ0) is 14.0. The predicted octanol–water partition coefficient (Wildman–Crippen LogP) is 3.47. The summed E-state index contributed by atoms with van der Waals surface area (Å²) in [6, 6.07) is 4.63. The van der Waals surface area contributed by atoms with Crippen LogP contribution in [0.1, 0.15) is 26.3 Å². The summed E-state index contributed by atoms with van der Waals surface area (Å²) in [5, 5.41) is 9.80. The Morgan fingerprint density at radius 2 is 1.72 bits per heavy atom. The Balaban J connectivity index is 3.10. The summed E-state index contributed by atoms with van der Waals surface area (Å²) >= 11 is 0. The van der Waals surface area contributed by atoms with Crippen LogP contribution >= 0.6 is 7.82 Å². The molecule has 0 amide bonds. The molecule has 18 heavy (non-hydrogen) atoms. The molecule has 0 aliphatic rings. The number of phosphoric acid groups is 1. The van der Waals surface area contributed by atoms with E-state index < -0.39 is 7.82 Å². The van der Waals surface area contributed by atoms with Gasteiger partial charge in [-0.1, -0.05) is 20.8 Å². The lowest BCUT2D eigenvalue weighted by Crippen LogP contribution is -2.11. The van der Waals surface area contributed by atoms with Crippen LogP contribution in [0.15, 0.2) is 18.2 Å². The highest BCUT2D eigenvalue weighted by Gasteiger charge is 2.26. The SMILES string of the molecule is COP(=O)(OC)Oc1ccc(O)c(C(C)(C)C)c1. The Morgan fingerprint density at radius 1 is 1.17 bits per heavy atom. The van der Waals surface area contributed by atoms with E-state index >= 15 is 0 Å². The molecule has 0 unspecified atom stereocenters. The Morgan fingerprint density at radius 3 is 2.17 bits per heavy atom. The fourth-order valence-electron chi connectivity index (χ4n) is 1.45. The molecule has 0 atom stereocenters. The molecule has 0 radical (unpaired) electrons. The van der Waals surface area contributed by atoms with E-state index in [1.165, 1.54) is 26.4 Å². The first-order valence-corrected chi connectivity index (χ1v) is 6.92. The third-order valence-corrected chi connectivity index (χ3v) is 3.77. The Bertz CT molecular complexity index is 456. The molecule has 5 nitrogen and oxygen atoms in total. The molecular formula is C12H19O5P. The first-order chi connectivity index (χ1) is 8.22. The van der Waals surface area contributed by atoms with Gasteiger partial charge < -0.3 is 9.63 Å². The average molecular weight is 274 g/mol. The van der Waals surface area contributed by atoms with Gasteiger partial charge in [0.1, 0.15) is 11.5 Å². The third-order valence-electron chi connectivity index (χ3n) is 2.44. The molecular weight excluding hydrogens is 255 g/mol. The topological polar surface area (TPSA) is 65.0 Å². The molecule has 1 rings (SSSR count). The van der Waals surface area contributed by atoms with Gasteiger partial charge in [-0.2, -0.15) is 0 Å². The van der Waals surface area contributed by atoms with Gasteiger partial charge in [-0.3, -0.25) is 9.05 Å². The standard InChI is InChI=1S/C12H19O5P/c1-12(2,3)10-8-9(6-7-11(10)13)17-18(14,15-4)16-5/h6-8,13H,1-5H3. The lowest BCUT2D eigenvalue weighted by atomic mass is 9.86. The van der Waals surface area contributed by atoms with E-state index in [0.29, 0.717) is 11.3 Å². The van der Waals surface area contributed by atoms with Gasteiger partial charge in [0.2, 0.25) is 0 Å². The van der Waals surface area contributed by atoms with Gasteiger partial charge in [0.15, 0.2) is 0 Å². The first kappa shape index (κ1) is 15.0. The molecule has 0 aliphatic heterocycles. The van der Waals surface area contributed by atoms with Gasteiger partial charge in [0.05, 0.1) is 0 Å². The van der Waals surface area contributed by atoms with Crippen LogP contribution in [0.25, 0.3) is 0 Å². The molecule has 0 aromatic heterocycles. The minimum atomic E-state index is -3.57. The number of phenolic OH excluding ortho intramolecular Hbond substituents is 1. The molecule has 0 saturated heterocycles. The molecule has 1 aromatic carbocycles. The second-order valence-corrected chi connectivity index (χ2v) is 6.64. The van der Waals surface area contributed by atoms with Crippen LogP contribution in [0.4, 0.5) is 0 Å². The highest BCUT2D eigenvalue weighted by molar-refractivity contribution is 7.48. The van der Waals surface area contributed by atoms with Crippen LogP contribution in [-0.4, -0.2) is 19.3 Å². The summed E-state index contributed by atoms with van der Waals surface area (Å²) in [6.07, 6.45) is 0. The van der Waals surface area contributed by atoms with Crippen molar-refractivity contribution in [3.63, 3.8) is 0 Å². The van der Waals surface area contributed by atoms with Crippen molar-refractivity contribution in [3.8, 4) is 11.5 Å². The van der Waals surface area contributed by atoms with Crippen LogP contribution in [0, 0.1) is 0 Å². The normalized spacial score (nSPS) is 12.5. The Hall–Kier alpha value is -1.03. The van der Waals surface area contributed by atoms with E-state index in [-0.39, 0.29) is 11.2 Å². The van der Waals surface area contributed by atoms with Gasteiger partial charge in [-0.05, 0) is 23.6 Å². The number of hydrogen-bond acceptors (Lipinski definition) is 5. The van der Waals surface area contributed by atoms with E-state index in [2.05, 4.69) is 0 Å². The summed E-state index contributed by atoms with van der Waals surface area (Å²) < 4.78 is 26.4. The summed E-state index contributed by atoms with van der Waals surface area (Å²) in [5.41, 5.74) is 0.437. The lowest BCUT2D eigenvalue weighted by molar-refractivity contribution is 0.211. The molecule has 0 aliphatic carbocycles. The van der Waals surface area contributed by atoms with Crippen LogP contribution in [-0.2, 0) is 19.0 Å². The molecule has 1 aromatic rings. The fourth-order valence-corrected chi connectivity index (χ4v) is 2.12.